The van der Waals surface area contributed by atoms with Crippen molar-refractivity contribution in [3.8, 4) is 0 Å². The summed E-state index contributed by atoms with van der Waals surface area (Å²) in [6, 6.07) is 5.87. The van der Waals surface area contributed by atoms with Gasteiger partial charge >= 0.3 is 0 Å². The molecule has 1 aromatic carbocycles. The molecule has 0 aromatic heterocycles. The molecule has 0 saturated carbocycles. The van der Waals surface area contributed by atoms with Crippen molar-refractivity contribution >= 4 is 39.3 Å². The van der Waals surface area contributed by atoms with Crippen molar-refractivity contribution in [3.05, 3.63) is 22.7 Å². The third kappa shape index (κ3) is 1.68. The third-order valence-corrected chi connectivity index (χ3v) is 3.85. The number of halogens is 1. The first-order chi connectivity index (χ1) is 6.49. The highest BCUT2D eigenvalue weighted by Gasteiger charge is 2.34. The number of benzene rings is 1. The maximum atomic E-state index is 11.6. The number of hydrogen-bond donors (Lipinski definition) is 1. The van der Waals surface area contributed by atoms with E-state index in [-0.39, 0.29) is 10.7 Å². The van der Waals surface area contributed by atoms with Gasteiger partial charge in [0.1, 0.15) is 0 Å². The van der Waals surface area contributed by atoms with Gasteiger partial charge in [0.2, 0.25) is 5.91 Å². The zero-order valence-electron chi connectivity index (χ0n) is 7.93. The first-order valence-corrected chi connectivity index (χ1v) is 5.90. The lowest BCUT2D eigenvalue weighted by molar-refractivity contribution is -0.117. The van der Waals surface area contributed by atoms with Gasteiger partial charge < -0.3 is 5.32 Å². The minimum absolute atomic E-state index is 0.0670. The summed E-state index contributed by atoms with van der Waals surface area (Å²) in [6.45, 7) is 3.85. The van der Waals surface area contributed by atoms with Gasteiger partial charge in [-0.2, -0.15) is 0 Å². The minimum Gasteiger partial charge on any atom is -0.324 e. The molecule has 1 aromatic rings. The predicted octanol–water partition coefficient (Wildman–Crippen LogP) is 3.27. The minimum atomic E-state index is -0.381. The molecule has 0 saturated heterocycles. The zero-order valence-corrected chi connectivity index (χ0v) is 10.3. The number of nitrogens with one attached hydrogen (secondary N) is 1. The molecule has 0 unspecified atom stereocenters. The smallest absolute Gasteiger partial charge is 0.240 e. The van der Waals surface area contributed by atoms with E-state index in [1.54, 1.807) is 11.8 Å². The van der Waals surface area contributed by atoms with Crippen molar-refractivity contribution in [2.24, 2.45) is 0 Å². The molecule has 1 N–H and O–H groups in total. The van der Waals surface area contributed by atoms with Crippen LogP contribution in [0, 0.1) is 0 Å². The quantitative estimate of drug-likeness (QED) is 0.785. The standard InChI is InChI=1S/C10H10BrNOS/c1-10(2)9(13)12-7-4-3-6(11)5-8(7)14-10/h3-5H,1-2H3,(H,12,13). The van der Waals surface area contributed by atoms with Crippen LogP contribution in [0.4, 0.5) is 5.69 Å². The van der Waals surface area contributed by atoms with Gasteiger partial charge in [0.25, 0.3) is 0 Å². The Labute approximate surface area is 95.6 Å². The average molecular weight is 272 g/mol. The molecule has 0 radical (unpaired) electrons. The van der Waals surface area contributed by atoms with Gasteiger partial charge in [-0.25, -0.2) is 0 Å². The molecule has 1 aliphatic heterocycles. The lowest BCUT2D eigenvalue weighted by Gasteiger charge is -2.29. The summed E-state index contributed by atoms with van der Waals surface area (Å²) < 4.78 is 0.657. The fraction of sp³-hybridized carbons (Fsp3) is 0.300. The SMILES string of the molecule is CC1(C)Sc2cc(Br)ccc2NC1=O. The van der Waals surface area contributed by atoms with Crippen LogP contribution in [0.2, 0.25) is 0 Å². The van der Waals surface area contributed by atoms with E-state index in [2.05, 4.69) is 21.2 Å². The van der Waals surface area contributed by atoms with E-state index in [1.807, 2.05) is 32.0 Å². The summed E-state index contributed by atoms with van der Waals surface area (Å²) in [4.78, 5) is 12.7. The fourth-order valence-corrected chi connectivity index (χ4v) is 2.90. The van der Waals surface area contributed by atoms with Gasteiger partial charge in [0.15, 0.2) is 0 Å². The Morgan fingerprint density at radius 1 is 1.43 bits per heavy atom. The highest BCUT2D eigenvalue weighted by molar-refractivity contribution is 9.10. The monoisotopic (exact) mass is 271 g/mol. The molecule has 4 heteroatoms. The Kier molecular flexibility index (Phi) is 2.35. The van der Waals surface area contributed by atoms with Crippen molar-refractivity contribution in [1.29, 1.82) is 0 Å². The number of carbonyl (C=O) groups is 1. The Balaban J connectivity index is 2.46. The number of rotatable bonds is 0. The Bertz CT molecular complexity index is 403. The molecule has 0 spiro atoms. The van der Waals surface area contributed by atoms with Crippen molar-refractivity contribution < 1.29 is 4.79 Å². The molecule has 0 bridgehead atoms. The van der Waals surface area contributed by atoms with E-state index in [1.165, 1.54) is 0 Å². The first kappa shape index (κ1) is 10.1. The Hall–Kier alpha value is -0.480. The van der Waals surface area contributed by atoms with Gasteiger partial charge in [-0.15, -0.1) is 11.8 Å². The van der Waals surface area contributed by atoms with Crippen LogP contribution in [0.5, 0.6) is 0 Å². The van der Waals surface area contributed by atoms with Crippen molar-refractivity contribution in [1.82, 2.24) is 0 Å². The topological polar surface area (TPSA) is 29.1 Å². The van der Waals surface area contributed by atoms with E-state index in [9.17, 15) is 4.79 Å². The highest BCUT2D eigenvalue weighted by atomic mass is 79.9. The second kappa shape index (κ2) is 3.28. The number of anilines is 1. The van der Waals surface area contributed by atoms with E-state index < -0.39 is 0 Å². The largest absolute Gasteiger partial charge is 0.324 e. The average Bonchev–Trinajstić information content (AvgIpc) is 2.07. The summed E-state index contributed by atoms with van der Waals surface area (Å²) in [5.41, 5.74) is 0.905. The molecule has 1 aliphatic rings. The zero-order chi connectivity index (χ0) is 10.3. The second-order valence-electron chi connectivity index (χ2n) is 3.71. The summed E-state index contributed by atoms with van der Waals surface area (Å²) in [5, 5.41) is 2.90. The molecule has 1 heterocycles. The summed E-state index contributed by atoms with van der Waals surface area (Å²) in [7, 11) is 0. The van der Waals surface area contributed by atoms with Gasteiger partial charge in [0.05, 0.1) is 10.4 Å². The summed E-state index contributed by atoms with van der Waals surface area (Å²) in [5.74, 6) is 0.0670. The molecule has 2 nitrogen and oxygen atoms in total. The van der Waals surface area contributed by atoms with Crippen molar-refractivity contribution in [2.45, 2.75) is 23.5 Å². The molecule has 0 aliphatic carbocycles. The fourth-order valence-electron chi connectivity index (χ4n) is 1.28. The maximum absolute atomic E-state index is 11.6. The van der Waals surface area contributed by atoms with Gasteiger partial charge in [-0.05, 0) is 32.0 Å². The molecule has 0 atom stereocenters. The van der Waals surface area contributed by atoms with Crippen molar-refractivity contribution in [3.63, 3.8) is 0 Å². The lowest BCUT2D eigenvalue weighted by atomic mass is 10.2. The second-order valence-corrected chi connectivity index (χ2v) is 6.29. The van der Waals surface area contributed by atoms with Crippen LogP contribution in [0.25, 0.3) is 0 Å². The number of carbonyl (C=O) groups excluding carboxylic acids is 1. The van der Waals surface area contributed by atoms with E-state index in [4.69, 9.17) is 0 Å². The summed E-state index contributed by atoms with van der Waals surface area (Å²) >= 11 is 5.01. The Morgan fingerprint density at radius 2 is 2.14 bits per heavy atom. The van der Waals surface area contributed by atoms with Gasteiger partial charge in [-0.3, -0.25) is 4.79 Å². The number of fused-ring (bicyclic) bond motifs is 1. The Morgan fingerprint density at radius 3 is 2.86 bits per heavy atom. The van der Waals surface area contributed by atoms with Crippen LogP contribution < -0.4 is 5.32 Å². The van der Waals surface area contributed by atoms with E-state index >= 15 is 0 Å². The highest BCUT2D eigenvalue weighted by Crippen LogP contribution is 2.42. The molecule has 1 amide bonds. The molecular formula is C10H10BrNOS. The van der Waals surface area contributed by atoms with Crippen LogP contribution in [0.1, 0.15) is 13.8 Å². The number of amides is 1. The number of hydrogen-bond acceptors (Lipinski definition) is 2. The van der Waals surface area contributed by atoms with Gasteiger partial charge in [-0.1, -0.05) is 15.9 Å². The lowest BCUT2D eigenvalue weighted by Crippen LogP contribution is -2.36. The maximum Gasteiger partial charge on any atom is 0.240 e. The third-order valence-electron chi connectivity index (χ3n) is 2.10. The van der Waals surface area contributed by atoms with Crippen molar-refractivity contribution in [2.75, 3.05) is 5.32 Å². The van der Waals surface area contributed by atoms with Crippen LogP contribution >= 0.6 is 27.7 Å². The molecule has 0 fully saturated rings. The molecule has 2 rings (SSSR count). The molecule has 74 valence electrons. The van der Waals surface area contributed by atoms with E-state index in [0.29, 0.717) is 0 Å². The first-order valence-electron chi connectivity index (χ1n) is 4.29. The predicted molar refractivity (Wildman–Crippen MR) is 62.7 cm³/mol. The normalized spacial score (nSPS) is 18.6. The summed E-state index contributed by atoms with van der Waals surface area (Å²) in [6.07, 6.45) is 0. The molecular weight excluding hydrogens is 262 g/mol. The number of thioether (sulfide) groups is 1. The van der Waals surface area contributed by atoms with E-state index in [0.717, 1.165) is 15.1 Å². The van der Waals surface area contributed by atoms with Crippen LogP contribution in [0.3, 0.4) is 0 Å². The van der Waals surface area contributed by atoms with Gasteiger partial charge in [0, 0.05) is 9.37 Å². The van der Waals surface area contributed by atoms with Crippen LogP contribution in [-0.4, -0.2) is 10.7 Å². The van der Waals surface area contributed by atoms with Crippen LogP contribution in [-0.2, 0) is 4.79 Å². The van der Waals surface area contributed by atoms with Crippen LogP contribution in [0.15, 0.2) is 27.6 Å². The molecule has 14 heavy (non-hydrogen) atoms.